The lowest BCUT2D eigenvalue weighted by molar-refractivity contribution is 0.607. The van der Waals surface area contributed by atoms with Gasteiger partial charge in [0.2, 0.25) is 16.0 Å². The van der Waals surface area contributed by atoms with E-state index in [4.69, 9.17) is 9.97 Å². The molecule has 0 saturated carbocycles. The summed E-state index contributed by atoms with van der Waals surface area (Å²) < 4.78 is 27.6. The lowest BCUT2D eigenvalue weighted by atomic mass is 10.1. The molecule has 4 heterocycles. The average Bonchev–Trinajstić information content (AvgIpc) is 3.49. The van der Waals surface area contributed by atoms with Gasteiger partial charge in [-0.3, -0.25) is 4.72 Å². The molecule has 31 heavy (non-hydrogen) atoms. The monoisotopic (exact) mass is 440 g/mol. The number of nitrogens with zero attached hydrogens (tertiary/aromatic N) is 5. The molecule has 0 atom stereocenters. The van der Waals surface area contributed by atoms with Crippen molar-refractivity contribution in [2.75, 3.05) is 47.0 Å². The van der Waals surface area contributed by atoms with Gasteiger partial charge in [0.1, 0.15) is 11.5 Å². The molecular weight excluding hydrogens is 412 g/mol. The van der Waals surface area contributed by atoms with Crippen LogP contribution in [0.15, 0.2) is 30.3 Å². The van der Waals surface area contributed by atoms with Crippen molar-refractivity contribution >= 4 is 38.5 Å². The molecule has 0 radical (unpaired) electrons. The Morgan fingerprint density at radius 3 is 2.13 bits per heavy atom. The number of hydrogen-bond donors (Lipinski definition) is 1. The minimum absolute atomic E-state index is 0.555. The highest BCUT2D eigenvalue weighted by Crippen LogP contribution is 2.35. The summed E-state index contributed by atoms with van der Waals surface area (Å²) in [5.41, 5.74) is 3.54. The van der Waals surface area contributed by atoms with Crippen molar-refractivity contribution < 1.29 is 8.42 Å². The number of benzene rings is 1. The SMILES string of the molecule is Cn1c(-c2ccc(NS(C)(=O)=O)cc2)cc2c(N3CCCC3)nc(N3CCCC3)nc21. The van der Waals surface area contributed by atoms with Crippen LogP contribution in [0.5, 0.6) is 0 Å². The lowest BCUT2D eigenvalue weighted by Crippen LogP contribution is -2.24. The maximum absolute atomic E-state index is 11.5. The van der Waals surface area contributed by atoms with E-state index < -0.39 is 10.0 Å². The fraction of sp³-hybridized carbons (Fsp3) is 0.455. The van der Waals surface area contributed by atoms with Crippen LogP contribution in [0.3, 0.4) is 0 Å². The van der Waals surface area contributed by atoms with Crippen molar-refractivity contribution in [3.63, 3.8) is 0 Å². The third-order valence-corrected chi connectivity index (χ3v) is 6.74. The molecule has 0 spiro atoms. The van der Waals surface area contributed by atoms with E-state index in [1.54, 1.807) is 12.1 Å². The van der Waals surface area contributed by atoms with Crippen LogP contribution in [0.4, 0.5) is 17.5 Å². The number of aromatic nitrogens is 3. The Labute approximate surface area is 182 Å². The molecular formula is C22H28N6O2S. The molecule has 2 aliphatic heterocycles. The van der Waals surface area contributed by atoms with Crippen LogP contribution in [0, 0.1) is 0 Å². The van der Waals surface area contributed by atoms with Gasteiger partial charge in [0.05, 0.1) is 17.3 Å². The zero-order chi connectivity index (χ0) is 21.6. The summed E-state index contributed by atoms with van der Waals surface area (Å²) in [6, 6.07) is 9.61. The van der Waals surface area contributed by atoms with E-state index >= 15 is 0 Å². The summed E-state index contributed by atoms with van der Waals surface area (Å²) in [4.78, 5) is 14.6. The second-order valence-corrected chi connectivity index (χ2v) is 10.3. The van der Waals surface area contributed by atoms with Crippen molar-refractivity contribution in [2.24, 2.45) is 7.05 Å². The van der Waals surface area contributed by atoms with E-state index in [0.29, 0.717) is 5.69 Å². The molecule has 0 amide bonds. The number of nitrogens with one attached hydrogen (secondary N) is 1. The minimum atomic E-state index is -3.30. The first-order chi connectivity index (χ1) is 14.9. The smallest absolute Gasteiger partial charge is 0.229 e. The Balaban J connectivity index is 1.60. The highest BCUT2D eigenvalue weighted by Gasteiger charge is 2.24. The molecule has 1 aromatic carbocycles. The molecule has 2 fully saturated rings. The van der Waals surface area contributed by atoms with Crippen molar-refractivity contribution in [1.82, 2.24) is 14.5 Å². The lowest BCUT2D eigenvalue weighted by Gasteiger charge is -2.21. The molecule has 9 heteroatoms. The molecule has 3 aromatic rings. The van der Waals surface area contributed by atoms with Crippen LogP contribution in [-0.2, 0) is 17.1 Å². The highest BCUT2D eigenvalue weighted by molar-refractivity contribution is 7.92. The fourth-order valence-corrected chi connectivity index (χ4v) is 5.16. The summed E-state index contributed by atoms with van der Waals surface area (Å²) in [7, 11) is -1.26. The second kappa shape index (κ2) is 7.71. The van der Waals surface area contributed by atoms with Gasteiger partial charge in [-0.15, -0.1) is 0 Å². The van der Waals surface area contributed by atoms with Gasteiger partial charge in [-0.1, -0.05) is 12.1 Å². The number of rotatable bonds is 5. The van der Waals surface area contributed by atoms with E-state index in [1.165, 1.54) is 25.7 Å². The minimum Gasteiger partial charge on any atom is -0.356 e. The van der Waals surface area contributed by atoms with Gasteiger partial charge in [-0.2, -0.15) is 9.97 Å². The first-order valence-electron chi connectivity index (χ1n) is 10.8. The zero-order valence-electron chi connectivity index (χ0n) is 18.0. The van der Waals surface area contributed by atoms with E-state index in [-0.39, 0.29) is 0 Å². The second-order valence-electron chi connectivity index (χ2n) is 8.51. The zero-order valence-corrected chi connectivity index (χ0v) is 18.8. The van der Waals surface area contributed by atoms with Crippen molar-refractivity contribution in [2.45, 2.75) is 25.7 Å². The number of aryl methyl sites for hydroxylation is 1. The Hall–Kier alpha value is -2.81. The van der Waals surface area contributed by atoms with Gasteiger partial charge < -0.3 is 14.4 Å². The maximum Gasteiger partial charge on any atom is 0.229 e. The van der Waals surface area contributed by atoms with Crippen LogP contribution in [0.25, 0.3) is 22.3 Å². The van der Waals surface area contributed by atoms with E-state index in [9.17, 15) is 8.42 Å². The first kappa shape index (κ1) is 20.1. The quantitative estimate of drug-likeness (QED) is 0.656. The fourth-order valence-electron chi connectivity index (χ4n) is 4.60. The summed E-state index contributed by atoms with van der Waals surface area (Å²) in [5.74, 6) is 1.86. The van der Waals surface area contributed by atoms with Crippen molar-refractivity contribution in [3.05, 3.63) is 30.3 Å². The van der Waals surface area contributed by atoms with Gasteiger partial charge in [0, 0.05) is 38.9 Å². The van der Waals surface area contributed by atoms with Gasteiger partial charge in [-0.25, -0.2) is 8.42 Å². The predicted octanol–water partition coefficient (Wildman–Crippen LogP) is 3.21. The summed E-state index contributed by atoms with van der Waals surface area (Å²) in [5, 5.41) is 1.07. The topological polar surface area (TPSA) is 83.4 Å². The number of sulfonamides is 1. The van der Waals surface area contributed by atoms with Crippen LogP contribution in [0.2, 0.25) is 0 Å². The predicted molar refractivity (Wildman–Crippen MR) is 125 cm³/mol. The molecule has 0 unspecified atom stereocenters. The largest absolute Gasteiger partial charge is 0.356 e. The molecule has 2 aliphatic rings. The molecule has 1 N–H and O–H groups in total. The van der Waals surface area contributed by atoms with Crippen LogP contribution in [0.1, 0.15) is 25.7 Å². The van der Waals surface area contributed by atoms with Crippen molar-refractivity contribution in [3.8, 4) is 11.3 Å². The van der Waals surface area contributed by atoms with Crippen LogP contribution >= 0.6 is 0 Å². The molecule has 8 nitrogen and oxygen atoms in total. The maximum atomic E-state index is 11.5. The molecule has 164 valence electrons. The molecule has 0 bridgehead atoms. The van der Waals surface area contributed by atoms with Gasteiger partial charge in [0.25, 0.3) is 0 Å². The van der Waals surface area contributed by atoms with E-state index in [2.05, 4.69) is 25.2 Å². The Morgan fingerprint density at radius 1 is 0.903 bits per heavy atom. The first-order valence-corrected chi connectivity index (χ1v) is 12.7. The van der Waals surface area contributed by atoms with Crippen LogP contribution < -0.4 is 14.5 Å². The number of fused-ring (bicyclic) bond motifs is 1. The number of hydrogen-bond acceptors (Lipinski definition) is 6. The van der Waals surface area contributed by atoms with Gasteiger partial charge >= 0.3 is 0 Å². The Bertz CT molecular complexity index is 1210. The molecule has 2 saturated heterocycles. The normalized spacial score (nSPS) is 17.1. The molecule has 5 rings (SSSR count). The summed E-state index contributed by atoms with van der Waals surface area (Å²) in [6.07, 6.45) is 5.92. The van der Waals surface area contributed by atoms with Gasteiger partial charge in [-0.05, 0) is 49.4 Å². The Kier molecular flexibility index (Phi) is 5.00. The summed E-state index contributed by atoms with van der Waals surface area (Å²) in [6.45, 7) is 4.08. The molecule has 2 aromatic heterocycles. The van der Waals surface area contributed by atoms with Crippen LogP contribution in [-0.4, -0.2) is 55.4 Å². The third-order valence-electron chi connectivity index (χ3n) is 6.13. The van der Waals surface area contributed by atoms with E-state index in [1.807, 2.05) is 19.2 Å². The van der Waals surface area contributed by atoms with Gasteiger partial charge in [0.15, 0.2) is 0 Å². The molecule has 0 aliphatic carbocycles. The number of anilines is 3. The van der Waals surface area contributed by atoms with E-state index in [0.717, 1.165) is 66.5 Å². The Morgan fingerprint density at radius 2 is 1.52 bits per heavy atom. The van der Waals surface area contributed by atoms with Crippen molar-refractivity contribution in [1.29, 1.82) is 0 Å². The summed E-state index contributed by atoms with van der Waals surface area (Å²) >= 11 is 0. The highest BCUT2D eigenvalue weighted by atomic mass is 32.2. The standard InChI is InChI=1S/C22H28N6O2S/c1-26-19(16-7-9-17(10-8-16)25-31(2,29)30)15-18-20(26)23-22(28-13-5-6-14-28)24-21(18)27-11-3-4-12-27/h7-10,15,25H,3-6,11-14H2,1-2H3. The third kappa shape index (κ3) is 3.94. The average molecular weight is 441 g/mol.